The van der Waals surface area contributed by atoms with Crippen molar-refractivity contribution in [1.82, 2.24) is 4.90 Å². The summed E-state index contributed by atoms with van der Waals surface area (Å²) in [6.45, 7) is 1.82. The van der Waals surface area contributed by atoms with E-state index < -0.39 is 9.84 Å². The number of hydrogen-bond donors (Lipinski definition) is 0. The van der Waals surface area contributed by atoms with Gasteiger partial charge in [-0.3, -0.25) is 4.79 Å². The van der Waals surface area contributed by atoms with Gasteiger partial charge in [-0.05, 0) is 36.8 Å². The Kier molecular flexibility index (Phi) is 7.10. The van der Waals surface area contributed by atoms with Crippen LogP contribution < -0.4 is 14.2 Å². The van der Waals surface area contributed by atoms with Crippen LogP contribution in [0.5, 0.6) is 17.2 Å². The Hall–Kier alpha value is -2.45. The predicted octanol–water partition coefficient (Wildman–Crippen LogP) is 3.45. The predicted molar refractivity (Wildman–Crippen MR) is 114 cm³/mol. The minimum Gasteiger partial charge on any atom is -0.493 e. The molecule has 30 heavy (non-hydrogen) atoms. The highest BCUT2D eigenvalue weighted by atomic mass is 35.5. The molecule has 2 aromatic carbocycles. The second kappa shape index (κ2) is 9.57. The SMILES string of the molecule is CN(CCCOc1cccc(S(C)(=O)=O)c1)C(=O)c1cc(Cl)c2c(c1)OCCCO2. The van der Waals surface area contributed by atoms with E-state index in [9.17, 15) is 13.2 Å². The van der Waals surface area contributed by atoms with Gasteiger partial charge in [-0.25, -0.2) is 8.42 Å². The summed E-state index contributed by atoms with van der Waals surface area (Å²) >= 11 is 6.27. The minimum absolute atomic E-state index is 0.188. The molecule has 1 aliphatic rings. The number of hydrogen-bond acceptors (Lipinski definition) is 6. The summed E-state index contributed by atoms with van der Waals surface area (Å²) in [6, 6.07) is 9.58. The highest BCUT2D eigenvalue weighted by Crippen LogP contribution is 2.38. The first-order chi connectivity index (χ1) is 14.3. The summed E-state index contributed by atoms with van der Waals surface area (Å²) in [4.78, 5) is 14.5. The summed E-state index contributed by atoms with van der Waals surface area (Å²) in [5, 5.41) is 0.347. The van der Waals surface area contributed by atoms with E-state index in [4.69, 9.17) is 25.8 Å². The van der Waals surface area contributed by atoms with E-state index >= 15 is 0 Å². The number of nitrogens with zero attached hydrogens (tertiary/aromatic N) is 1. The van der Waals surface area contributed by atoms with Crippen LogP contribution in [0.15, 0.2) is 41.3 Å². The maximum Gasteiger partial charge on any atom is 0.253 e. The number of sulfone groups is 1. The number of carbonyl (C=O) groups excluding carboxylic acids is 1. The summed E-state index contributed by atoms with van der Waals surface area (Å²) in [5.74, 6) is 1.23. The van der Waals surface area contributed by atoms with Crippen molar-refractivity contribution in [2.45, 2.75) is 17.7 Å². The highest BCUT2D eigenvalue weighted by molar-refractivity contribution is 7.90. The molecule has 0 saturated heterocycles. The van der Waals surface area contributed by atoms with E-state index in [2.05, 4.69) is 0 Å². The van der Waals surface area contributed by atoms with Crippen molar-refractivity contribution in [3.05, 3.63) is 47.0 Å². The first-order valence-corrected chi connectivity index (χ1v) is 11.8. The van der Waals surface area contributed by atoms with Gasteiger partial charge in [0, 0.05) is 31.8 Å². The topological polar surface area (TPSA) is 82.1 Å². The molecule has 0 aromatic heterocycles. The third-order valence-electron chi connectivity index (χ3n) is 4.54. The molecule has 0 N–H and O–H groups in total. The Morgan fingerprint density at radius 3 is 2.73 bits per heavy atom. The molecule has 0 spiro atoms. The van der Waals surface area contributed by atoms with E-state index in [1.165, 1.54) is 12.1 Å². The fraction of sp³-hybridized carbons (Fsp3) is 0.381. The Morgan fingerprint density at radius 1 is 1.20 bits per heavy atom. The average Bonchev–Trinajstić information content (AvgIpc) is 2.96. The fourth-order valence-corrected chi connectivity index (χ4v) is 3.88. The number of halogens is 1. The van der Waals surface area contributed by atoms with Crippen LogP contribution in [0.25, 0.3) is 0 Å². The molecule has 9 heteroatoms. The lowest BCUT2D eigenvalue weighted by Crippen LogP contribution is -2.28. The molecule has 0 bridgehead atoms. The molecular formula is C21H24ClNO6S. The van der Waals surface area contributed by atoms with Crippen LogP contribution in [0, 0.1) is 0 Å². The van der Waals surface area contributed by atoms with E-state index in [0.717, 1.165) is 12.7 Å². The molecule has 0 saturated carbocycles. The summed E-state index contributed by atoms with van der Waals surface area (Å²) in [5.41, 5.74) is 0.425. The monoisotopic (exact) mass is 453 g/mol. The van der Waals surface area contributed by atoms with Gasteiger partial charge in [-0.2, -0.15) is 0 Å². The van der Waals surface area contributed by atoms with Crippen molar-refractivity contribution in [3.63, 3.8) is 0 Å². The second-order valence-corrected chi connectivity index (χ2v) is 9.43. The number of rotatable bonds is 7. The molecular weight excluding hydrogens is 430 g/mol. The van der Waals surface area contributed by atoms with E-state index in [1.807, 2.05) is 0 Å². The van der Waals surface area contributed by atoms with Crippen LogP contribution in [-0.2, 0) is 9.84 Å². The Bertz CT molecular complexity index is 1020. The first kappa shape index (κ1) is 22.2. The zero-order valence-electron chi connectivity index (χ0n) is 16.9. The molecule has 1 heterocycles. The van der Waals surface area contributed by atoms with Gasteiger partial charge < -0.3 is 19.1 Å². The van der Waals surface area contributed by atoms with Gasteiger partial charge in [-0.1, -0.05) is 17.7 Å². The second-order valence-electron chi connectivity index (χ2n) is 7.01. The minimum atomic E-state index is -3.29. The molecule has 0 fully saturated rings. The third-order valence-corrected chi connectivity index (χ3v) is 5.93. The Morgan fingerprint density at radius 2 is 1.97 bits per heavy atom. The quantitative estimate of drug-likeness (QED) is 0.597. The molecule has 7 nitrogen and oxygen atoms in total. The molecule has 0 unspecified atom stereocenters. The van der Waals surface area contributed by atoms with Gasteiger partial charge in [-0.15, -0.1) is 0 Å². The molecule has 0 aliphatic carbocycles. The van der Waals surface area contributed by atoms with E-state index in [-0.39, 0.29) is 10.8 Å². The van der Waals surface area contributed by atoms with Crippen molar-refractivity contribution in [2.75, 3.05) is 39.7 Å². The first-order valence-electron chi connectivity index (χ1n) is 9.53. The van der Waals surface area contributed by atoms with Crippen molar-refractivity contribution in [2.24, 2.45) is 0 Å². The van der Waals surface area contributed by atoms with Crippen LogP contribution in [0.3, 0.4) is 0 Å². The van der Waals surface area contributed by atoms with Gasteiger partial charge in [0.25, 0.3) is 5.91 Å². The zero-order valence-corrected chi connectivity index (χ0v) is 18.5. The van der Waals surface area contributed by atoms with Gasteiger partial charge in [0.2, 0.25) is 0 Å². The highest BCUT2D eigenvalue weighted by Gasteiger charge is 2.20. The number of amides is 1. The number of fused-ring (bicyclic) bond motifs is 1. The van der Waals surface area contributed by atoms with Crippen LogP contribution >= 0.6 is 11.6 Å². The molecule has 2 aromatic rings. The molecule has 162 valence electrons. The van der Waals surface area contributed by atoms with Gasteiger partial charge >= 0.3 is 0 Å². The van der Waals surface area contributed by atoms with Gasteiger partial charge in [0.05, 0.1) is 29.7 Å². The van der Waals surface area contributed by atoms with Gasteiger partial charge in [0.1, 0.15) is 5.75 Å². The maximum atomic E-state index is 12.8. The van der Waals surface area contributed by atoms with Crippen LogP contribution in [0.1, 0.15) is 23.2 Å². The standard InChI is InChI=1S/C21H24ClNO6S/c1-23(8-4-9-27-16-6-3-7-17(14-16)30(2,25)26)21(24)15-12-18(22)20-19(13-15)28-10-5-11-29-20/h3,6-7,12-14H,4-5,8-11H2,1-2H3. The summed E-state index contributed by atoms with van der Waals surface area (Å²) in [6.07, 6.45) is 2.48. The van der Waals surface area contributed by atoms with Crippen LogP contribution in [-0.4, -0.2) is 58.9 Å². The number of benzene rings is 2. The van der Waals surface area contributed by atoms with Crippen LogP contribution in [0.4, 0.5) is 0 Å². The Balaban J connectivity index is 1.55. The van der Waals surface area contributed by atoms with Crippen molar-refractivity contribution in [3.8, 4) is 17.2 Å². The normalized spacial score (nSPS) is 13.4. The summed E-state index contributed by atoms with van der Waals surface area (Å²) < 4.78 is 40.1. The molecule has 3 rings (SSSR count). The third kappa shape index (κ3) is 5.58. The lowest BCUT2D eigenvalue weighted by molar-refractivity contribution is 0.0787. The lowest BCUT2D eigenvalue weighted by atomic mass is 10.1. The smallest absolute Gasteiger partial charge is 0.253 e. The molecule has 0 atom stereocenters. The van der Waals surface area contributed by atoms with E-state index in [1.54, 1.807) is 36.2 Å². The fourth-order valence-electron chi connectivity index (χ4n) is 2.96. The Labute approximate surface area is 181 Å². The average molecular weight is 454 g/mol. The van der Waals surface area contributed by atoms with Crippen molar-refractivity contribution in [1.29, 1.82) is 0 Å². The molecule has 1 amide bonds. The molecule has 1 aliphatic heterocycles. The van der Waals surface area contributed by atoms with Crippen LogP contribution in [0.2, 0.25) is 5.02 Å². The number of carbonyl (C=O) groups is 1. The van der Waals surface area contributed by atoms with E-state index in [0.29, 0.717) is 60.6 Å². The lowest BCUT2D eigenvalue weighted by Gasteiger charge is -2.19. The van der Waals surface area contributed by atoms with Crippen molar-refractivity contribution >= 4 is 27.3 Å². The zero-order chi connectivity index (χ0) is 21.7. The maximum absolute atomic E-state index is 12.8. The summed E-state index contributed by atoms with van der Waals surface area (Å²) in [7, 11) is -1.59. The largest absolute Gasteiger partial charge is 0.493 e. The van der Waals surface area contributed by atoms with Gasteiger partial charge in [0.15, 0.2) is 21.3 Å². The van der Waals surface area contributed by atoms with Crippen molar-refractivity contribution < 1.29 is 27.4 Å². The number of ether oxygens (including phenoxy) is 3. The molecule has 0 radical (unpaired) electrons.